The molecule has 0 N–H and O–H groups in total. The zero-order chi connectivity index (χ0) is 13.6. The average Bonchev–Trinajstić information content (AvgIpc) is 3.19. The molecule has 0 saturated carbocycles. The monoisotopic (exact) mass is 320 g/mol. The van der Waals surface area contributed by atoms with Gasteiger partial charge >= 0.3 is 0 Å². The van der Waals surface area contributed by atoms with E-state index < -0.39 is 0 Å². The van der Waals surface area contributed by atoms with Crippen LogP contribution in [0.4, 0.5) is 0 Å². The van der Waals surface area contributed by atoms with Crippen LogP contribution < -0.4 is 10.4 Å². The Morgan fingerprint density at radius 3 is 2.52 bits per heavy atom. The van der Waals surface area contributed by atoms with Crippen molar-refractivity contribution in [3.8, 4) is 0 Å². The highest BCUT2D eigenvalue weighted by Crippen LogP contribution is 2.28. The molecule has 2 aliphatic rings. The fourth-order valence-corrected chi connectivity index (χ4v) is 6.68. The lowest BCUT2D eigenvalue weighted by Crippen LogP contribution is -1.92. The summed E-state index contributed by atoms with van der Waals surface area (Å²) in [6.45, 7) is 0. The van der Waals surface area contributed by atoms with Gasteiger partial charge in [-0.2, -0.15) is 0 Å². The molecule has 0 spiro atoms. The Morgan fingerprint density at radius 1 is 0.762 bits per heavy atom. The van der Waals surface area contributed by atoms with Crippen LogP contribution >= 0.6 is 34.0 Å². The summed E-state index contributed by atoms with van der Waals surface area (Å²) >= 11 is 5.65. The molecule has 0 saturated heterocycles. The van der Waals surface area contributed by atoms with Gasteiger partial charge in [-0.05, 0) is 63.5 Å². The van der Waals surface area contributed by atoms with Crippen LogP contribution in [0.5, 0.6) is 0 Å². The molecular formula is C18H8S3. The summed E-state index contributed by atoms with van der Waals surface area (Å²) in [5.41, 5.74) is 2.77. The fourth-order valence-electron chi connectivity index (χ4n) is 3.41. The van der Waals surface area contributed by atoms with Crippen molar-refractivity contribution in [1.29, 1.82) is 0 Å². The van der Waals surface area contributed by atoms with Gasteiger partial charge in [0.2, 0.25) is 0 Å². The van der Waals surface area contributed by atoms with Crippen LogP contribution in [-0.4, -0.2) is 0 Å². The topological polar surface area (TPSA) is 0 Å². The lowest BCUT2D eigenvalue weighted by molar-refractivity contribution is 1.49. The minimum atomic E-state index is 1.38. The number of hydrogen-bond acceptors (Lipinski definition) is 3. The molecule has 98 valence electrons. The number of fused-ring (bicyclic) bond motifs is 6. The first-order chi connectivity index (χ1) is 10.4. The zero-order valence-electron chi connectivity index (χ0n) is 10.8. The van der Waals surface area contributed by atoms with E-state index in [1.54, 1.807) is 0 Å². The highest BCUT2D eigenvalue weighted by atomic mass is 32.1. The third-order valence-electron chi connectivity index (χ3n) is 4.35. The van der Waals surface area contributed by atoms with E-state index in [9.17, 15) is 0 Å². The fraction of sp³-hybridized carbons (Fsp3) is 0. The minimum Gasteiger partial charge on any atom is -0.143 e. The highest BCUT2D eigenvalue weighted by Gasteiger charge is 2.12. The van der Waals surface area contributed by atoms with Crippen molar-refractivity contribution in [3.05, 3.63) is 76.1 Å². The summed E-state index contributed by atoms with van der Waals surface area (Å²) in [5.74, 6) is 0. The van der Waals surface area contributed by atoms with Crippen LogP contribution in [0.3, 0.4) is 0 Å². The summed E-state index contributed by atoms with van der Waals surface area (Å²) in [6, 6.07) is 9.24. The minimum absolute atomic E-state index is 1.38. The zero-order valence-corrected chi connectivity index (χ0v) is 13.3. The first kappa shape index (κ1) is 11.0. The number of benzene rings is 1. The molecule has 0 fully saturated rings. The molecular weight excluding hydrogens is 312 g/mol. The van der Waals surface area contributed by atoms with Gasteiger partial charge in [0.05, 0.1) is 4.70 Å². The van der Waals surface area contributed by atoms with Crippen LogP contribution in [0.15, 0.2) is 35.0 Å². The standard InChI is InChI=1S/C18H8S3/c1-3-19-16-9(1)5-10-6-13-11(7-12(10)16)8-14-17(13)21-15-2-4-20-18(14)15/h1-8H. The third-order valence-corrected chi connectivity index (χ3v) is 7.59. The van der Waals surface area contributed by atoms with Gasteiger partial charge in [-0.15, -0.1) is 34.0 Å². The SMILES string of the molecule is C1=c2ccsc2=c2cc3c(cc21)=c1sc2ccsc2c1=C3. The normalized spacial score (nSPS) is 13.5. The maximum atomic E-state index is 2.39. The lowest BCUT2D eigenvalue weighted by atomic mass is 10.1. The average molecular weight is 320 g/mol. The summed E-state index contributed by atoms with van der Waals surface area (Å²) < 4.78 is 5.76. The van der Waals surface area contributed by atoms with Gasteiger partial charge in [-0.25, -0.2) is 0 Å². The number of thiophene rings is 3. The highest BCUT2D eigenvalue weighted by molar-refractivity contribution is 7.26. The molecule has 3 heteroatoms. The summed E-state index contributed by atoms with van der Waals surface area (Å²) in [5, 5.41) is 10.0. The number of hydrogen-bond donors (Lipinski definition) is 0. The third kappa shape index (κ3) is 1.26. The predicted molar refractivity (Wildman–Crippen MR) is 92.2 cm³/mol. The summed E-state index contributed by atoms with van der Waals surface area (Å²) in [7, 11) is 0. The molecule has 0 bridgehead atoms. The summed E-state index contributed by atoms with van der Waals surface area (Å²) in [6.07, 6.45) is 4.71. The second kappa shape index (κ2) is 3.55. The van der Waals surface area contributed by atoms with Crippen LogP contribution in [0.2, 0.25) is 0 Å². The van der Waals surface area contributed by atoms with E-state index >= 15 is 0 Å². The van der Waals surface area contributed by atoms with Crippen molar-refractivity contribution >= 4 is 55.6 Å². The molecule has 6 rings (SSSR count). The van der Waals surface area contributed by atoms with Gasteiger partial charge in [0, 0.05) is 29.4 Å². The van der Waals surface area contributed by atoms with E-state index in [-0.39, 0.29) is 0 Å². The Morgan fingerprint density at radius 2 is 1.57 bits per heavy atom. The van der Waals surface area contributed by atoms with Crippen molar-refractivity contribution in [1.82, 2.24) is 0 Å². The quantitative estimate of drug-likeness (QED) is 0.398. The van der Waals surface area contributed by atoms with Gasteiger partial charge in [0.15, 0.2) is 0 Å². The predicted octanol–water partition coefficient (Wildman–Crippen LogP) is 3.88. The maximum absolute atomic E-state index is 2.39. The van der Waals surface area contributed by atoms with E-state index in [1.807, 2.05) is 34.0 Å². The first-order valence-electron chi connectivity index (χ1n) is 6.84. The molecule has 0 amide bonds. The van der Waals surface area contributed by atoms with E-state index in [0.29, 0.717) is 0 Å². The van der Waals surface area contributed by atoms with E-state index in [4.69, 9.17) is 0 Å². The largest absolute Gasteiger partial charge is 0.143 e. The van der Waals surface area contributed by atoms with Gasteiger partial charge in [0.1, 0.15) is 0 Å². The van der Waals surface area contributed by atoms with Crippen molar-refractivity contribution in [2.45, 2.75) is 0 Å². The Balaban J connectivity index is 1.91. The molecule has 3 heterocycles. The smallest absolute Gasteiger partial charge is 0.0529 e. The number of rotatable bonds is 0. The van der Waals surface area contributed by atoms with Crippen LogP contribution in [-0.2, 0) is 0 Å². The van der Waals surface area contributed by atoms with E-state index in [0.717, 1.165) is 0 Å². The van der Waals surface area contributed by atoms with Crippen molar-refractivity contribution < 1.29 is 0 Å². The van der Waals surface area contributed by atoms with E-state index in [2.05, 4.69) is 47.2 Å². The molecule has 4 aromatic rings. The van der Waals surface area contributed by atoms with Gasteiger partial charge in [-0.1, -0.05) is 0 Å². The molecule has 0 unspecified atom stereocenters. The molecule has 3 aromatic heterocycles. The summed E-state index contributed by atoms with van der Waals surface area (Å²) in [4.78, 5) is 0. The van der Waals surface area contributed by atoms with Crippen molar-refractivity contribution in [3.63, 3.8) is 0 Å². The van der Waals surface area contributed by atoms with Crippen molar-refractivity contribution in [2.75, 3.05) is 0 Å². The van der Waals surface area contributed by atoms with Crippen molar-refractivity contribution in [2.24, 2.45) is 0 Å². The van der Waals surface area contributed by atoms with Crippen LogP contribution in [0.1, 0.15) is 11.1 Å². The molecule has 1 aromatic carbocycles. The van der Waals surface area contributed by atoms with Gasteiger partial charge in [-0.3, -0.25) is 0 Å². The van der Waals surface area contributed by atoms with E-state index in [1.165, 1.54) is 50.5 Å². The maximum Gasteiger partial charge on any atom is 0.0529 e. The molecule has 0 nitrogen and oxygen atoms in total. The second-order valence-electron chi connectivity index (χ2n) is 5.48. The first-order valence-corrected chi connectivity index (χ1v) is 9.42. The molecule has 2 aliphatic carbocycles. The Kier molecular flexibility index (Phi) is 1.86. The molecule has 0 radical (unpaired) electrons. The van der Waals surface area contributed by atoms with Crippen LogP contribution in [0.25, 0.3) is 21.6 Å². The molecule has 21 heavy (non-hydrogen) atoms. The Bertz CT molecular complexity index is 1380. The van der Waals surface area contributed by atoms with Gasteiger partial charge in [0.25, 0.3) is 0 Å². The Hall–Kier alpha value is -1.68. The second-order valence-corrected chi connectivity index (χ2v) is 8.36. The Labute approximate surface area is 131 Å². The lowest BCUT2D eigenvalue weighted by Gasteiger charge is -1.96. The van der Waals surface area contributed by atoms with Crippen LogP contribution in [0, 0.1) is 19.5 Å². The van der Waals surface area contributed by atoms with Gasteiger partial charge < -0.3 is 0 Å². The molecule has 0 atom stereocenters. The molecule has 0 aliphatic heterocycles.